The highest BCUT2D eigenvalue weighted by molar-refractivity contribution is 7.18. The number of aromatic nitrogens is 1. The fourth-order valence-electron chi connectivity index (χ4n) is 2.78. The molecule has 27 heavy (non-hydrogen) atoms. The third-order valence-electron chi connectivity index (χ3n) is 4.04. The van der Waals surface area contributed by atoms with Crippen molar-refractivity contribution in [3.63, 3.8) is 0 Å². The minimum Gasteiger partial charge on any atom is -0.326 e. The Hall–Kier alpha value is -2.73. The van der Waals surface area contributed by atoms with Crippen molar-refractivity contribution in [1.29, 1.82) is 0 Å². The minimum absolute atomic E-state index is 0.0168. The van der Waals surface area contributed by atoms with Crippen LogP contribution in [0.25, 0.3) is 10.2 Å². The van der Waals surface area contributed by atoms with Gasteiger partial charge in [-0.25, -0.2) is 4.98 Å². The van der Waals surface area contributed by atoms with Gasteiger partial charge in [0.25, 0.3) is 0 Å². The smallest absolute Gasteiger partial charge is 0.224 e. The second kappa shape index (κ2) is 9.28. The van der Waals surface area contributed by atoms with Gasteiger partial charge in [0.05, 0.1) is 15.2 Å². The van der Waals surface area contributed by atoms with Crippen molar-refractivity contribution in [1.82, 2.24) is 4.98 Å². The molecule has 140 valence electrons. The summed E-state index contributed by atoms with van der Waals surface area (Å²) in [5.41, 5.74) is 2.40. The molecule has 1 heterocycles. The molecular formula is C21H23N3O2S. The highest BCUT2D eigenvalue weighted by atomic mass is 32.1. The lowest BCUT2D eigenvalue weighted by molar-refractivity contribution is -0.117. The zero-order valence-corrected chi connectivity index (χ0v) is 16.1. The average Bonchev–Trinajstić information content (AvgIpc) is 3.05. The maximum Gasteiger partial charge on any atom is 0.224 e. The van der Waals surface area contributed by atoms with Gasteiger partial charge in [0.15, 0.2) is 0 Å². The summed E-state index contributed by atoms with van der Waals surface area (Å²) in [4.78, 5) is 28.5. The first kappa shape index (κ1) is 19.0. The number of benzene rings is 2. The lowest BCUT2D eigenvalue weighted by atomic mass is 10.2. The molecule has 0 saturated heterocycles. The molecule has 0 unspecified atom stereocenters. The molecular weight excluding hydrogens is 358 g/mol. The number of para-hydroxylation sites is 1. The van der Waals surface area contributed by atoms with Crippen LogP contribution in [0.15, 0.2) is 48.5 Å². The van der Waals surface area contributed by atoms with Gasteiger partial charge in [-0.15, -0.1) is 11.3 Å². The van der Waals surface area contributed by atoms with Gasteiger partial charge < -0.3 is 10.6 Å². The van der Waals surface area contributed by atoms with Crippen molar-refractivity contribution >= 4 is 44.7 Å². The molecule has 0 aliphatic heterocycles. The summed E-state index contributed by atoms with van der Waals surface area (Å²) in [6.45, 7) is 1.96. The minimum atomic E-state index is -0.0341. The maximum absolute atomic E-state index is 12.2. The standard InChI is InChI=1S/C21H23N3O2S/c1-2-7-19(25)22-15-8-5-9-16(14-15)23-20(26)12-6-13-21-24-17-10-3-4-11-18(17)27-21/h3-5,8-11,14H,2,6-7,12-13H2,1H3,(H,22,25)(H,23,26). The molecule has 2 amide bonds. The number of amides is 2. The second-order valence-corrected chi connectivity index (χ2v) is 7.47. The van der Waals surface area contributed by atoms with E-state index >= 15 is 0 Å². The van der Waals surface area contributed by atoms with Crippen molar-refractivity contribution in [2.75, 3.05) is 10.6 Å². The van der Waals surface area contributed by atoms with Crippen molar-refractivity contribution in [3.05, 3.63) is 53.5 Å². The predicted molar refractivity (Wildman–Crippen MR) is 111 cm³/mol. The molecule has 0 aliphatic rings. The Morgan fingerprint density at radius 3 is 2.37 bits per heavy atom. The van der Waals surface area contributed by atoms with Gasteiger partial charge in [-0.2, -0.15) is 0 Å². The first-order valence-corrected chi connectivity index (χ1v) is 10.00. The molecule has 0 saturated carbocycles. The summed E-state index contributed by atoms with van der Waals surface area (Å²) in [6, 6.07) is 15.3. The van der Waals surface area contributed by atoms with Crippen LogP contribution < -0.4 is 10.6 Å². The van der Waals surface area contributed by atoms with Crippen molar-refractivity contribution in [3.8, 4) is 0 Å². The van der Waals surface area contributed by atoms with E-state index in [1.165, 1.54) is 4.70 Å². The third-order valence-corrected chi connectivity index (χ3v) is 5.14. The summed E-state index contributed by atoms with van der Waals surface area (Å²) in [5.74, 6) is -0.0510. The number of nitrogens with one attached hydrogen (secondary N) is 2. The van der Waals surface area contributed by atoms with E-state index in [0.29, 0.717) is 24.2 Å². The third kappa shape index (κ3) is 5.62. The summed E-state index contributed by atoms with van der Waals surface area (Å²) in [7, 11) is 0. The molecule has 0 radical (unpaired) electrons. The summed E-state index contributed by atoms with van der Waals surface area (Å²) < 4.78 is 1.18. The molecule has 6 heteroatoms. The van der Waals surface area contributed by atoms with Crippen LogP contribution >= 0.6 is 11.3 Å². The predicted octanol–water partition coefficient (Wildman–Crippen LogP) is 5.00. The molecule has 2 N–H and O–H groups in total. The monoisotopic (exact) mass is 381 g/mol. The van der Waals surface area contributed by atoms with Gasteiger partial charge in [0.2, 0.25) is 11.8 Å². The van der Waals surface area contributed by atoms with Crippen molar-refractivity contribution in [2.45, 2.75) is 39.0 Å². The van der Waals surface area contributed by atoms with Gasteiger partial charge in [-0.1, -0.05) is 25.1 Å². The van der Waals surface area contributed by atoms with Crippen LogP contribution in [-0.2, 0) is 16.0 Å². The Morgan fingerprint density at radius 2 is 1.67 bits per heavy atom. The average molecular weight is 382 g/mol. The number of hydrogen-bond acceptors (Lipinski definition) is 4. The largest absolute Gasteiger partial charge is 0.326 e. The Labute approximate surface area is 162 Å². The van der Waals surface area contributed by atoms with Gasteiger partial charge in [-0.3, -0.25) is 9.59 Å². The highest BCUT2D eigenvalue weighted by Gasteiger charge is 2.07. The SMILES string of the molecule is CCCC(=O)Nc1cccc(NC(=O)CCCc2nc3ccccc3s2)c1. The van der Waals surface area contributed by atoms with Crippen molar-refractivity contribution in [2.24, 2.45) is 0 Å². The van der Waals surface area contributed by atoms with Gasteiger partial charge >= 0.3 is 0 Å². The number of rotatable bonds is 8. The highest BCUT2D eigenvalue weighted by Crippen LogP contribution is 2.23. The number of fused-ring (bicyclic) bond motifs is 1. The molecule has 3 aromatic rings. The first-order valence-electron chi connectivity index (χ1n) is 9.18. The molecule has 0 aliphatic carbocycles. The van der Waals surface area contributed by atoms with Gasteiger partial charge in [-0.05, 0) is 49.6 Å². The molecule has 0 atom stereocenters. The zero-order chi connectivity index (χ0) is 19.1. The van der Waals surface area contributed by atoms with Crippen LogP contribution in [0.4, 0.5) is 11.4 Å². The quantitative estimate of drug-likeness (QED) is 0.577. The molecule has 0 bridgehead atoms. The van der Waals surface area contributed by atoms with E-state index in [9.17, 15) is 9.59 Å². The van der Waals surface area contributed by atoms with E-state index in [-0.39, 0.29) is 11.8 Å². The van der Waals surface area contributed by atoms with Crippen LogP contribution in [0.1, 0.15) is 37.6 Å². The topological polar surface area (TPSA) is 71.1 Å². The number of hydrogen-bond donors (Lipinski definition) is 2. The fraction of sp³-hybridized carbons (Fsp3) is 0.286. The molecule has 1 aromatic heterocycles. The number of nitrogens with zero attached hydrogens (tertiary/aromatic N) is 1. The number of carbonyl (C=O) groups excluding carboxylic acids is 2. The molecule has 2 aromatic carbocycles. The van der Waals surface area contributed by atoms with Crippen LogP contribution in [0, 0.1) is 0 Å². The number of thiazole rings is 1. The molecule has 0 spiro atoms. The summed E-state index contributed by atoms with van der Waals surface area (Å²) in [5, 5.41) is 6.79. The normalized spacial score (nSPS) is 10.7. The van der Waals surface area contributed by atoms with Gasteiger partial charge in [0, 0.05) is 24.2 Å². The first-order chi connectivity index (χ1) is 13.1. The summed E-state index contributed by atoms with van der Waals surface area (Å²) in [6.07, 6.45) is 3.26. The lowest BCUT2D eigenvalue weighted by Crippen LogP contribution is -2.13. The van der Waals surface area contributed by atoms with E-state index in [1.807, 2.05) is 43.3 Å². The number of aryl methyl sites for hydroxylation is 1. The lowest BCUT2D eigenvalue weighted by Gasteiger charge is -2.08. The Bertz CT molecular complexity index is 903. The Balaban J connectivity index is 1.48. The fourth-order valence-corrected chi connectivity index (χ4v) is 3.78. The van der Waals surface area contributed by atoms with Crippen LogP contribution in [0.3, 0.4) is 0 Å². The molecule has 5 nitrogen and oxygen atoms in total. The molecule has 3 rings (SSSR count). The van der Waals surface area contributed by atoms with Crippen molar-refractivity contribution < 1.29 is 9.59 Å². The van der Waals surface area contributed by atoms with E-state index in [1.54, 1.807) is 17.4 Å². The van der Waals surface area contributed by atoms with Crippen LogP contribution in [0.5, 0.6) is 0 Å². The number of carbonyl (C=O) groups is 2. The summed E-state index contributed by atoms with van der Waals surface area (Å²) >= 11 is 1.68. The maximum atomic E-state index is 12.2. The molecule has 0 fully saturated rings. The van der Waals surface area contributed by atoms with E-state index in [2.05, 4.69) is 21.7 Å². The second-order valence-electron chi connectivity index (χ2n) is 6.36. The zero-order valence-electron chi connectivity index (χ0n) is 15.3. The van der Waals surface area contributed by atoms with E-state index in [0.717, 1.165) is 29.8 Å². The number of anilines is 2. The van der Waals surface area contributed by atoms with Crippen LogP contribution in [-0.4, -0.2) is 16.8 Å². The Kier molecular flexibility index (Phi) is 6.54. The van der Waals surface area contributed by atoms with E-state index in [4.69, 9.17) is 0 Å². The Morgan fingerprint density at radius 1 is 0.963 bits per heavy atom. The van der Waals surface area contributed by atoms with E-state index < -0.39 is 0 Å². The van der Waals surface area contributed by atoms with Crippen LogP contribution in [0.2, 0.25) is 0 Å². The van der Waals surface area contributed by atoms with Gasteiger partial charge in [0.1, 0.15) is 0 Å².